The lowest BCUT2D eigenvalue weighted by Crippen LogP contribution is -2.33. The molecule has 0 amide bonds. The van der Waals surface area contributed by atoms with Gasteiger partial charge in [0.25, 0.3) is 0 Å². The summed E-state index contributed by atoms with van der Waals surface area (Å²) in [6, 6.07) is 6.67. The molecule has 1 N–H and O–H groups in total. The highest BCUT2D eigenvalue weighted by molar-refractivity contribution is 6.31. The quantitative estimate of drug-likeness (QED) is 0.879. The molecule has 1 aliphatic heterocycles. The van der Waals surface area contributed by atoms with Crippen molar-refractivity contribution >= 4 is 17.3 Å². The molecule has 0 aliphatic carbocycles. The highest BCUT2D eigenvalue weighted by Gasteiger charge is 2.20. The summed E-state index contributed by atoms with van der Waals surface area (Å²) < 4.78 is 5.67. The van der Waals surface area contributed by atoms with Gasteiger partial charge in [-0.2, -0.15) is 0 Å². The van der Waals surface area contributed by atoms with Gasteiger partial charge in [-0.1, -0.05) is 24.6 Å². The lowest BCUT2D eigenvalue weighted by Gasteiger charge is -2.30. The molecule has 1 saturated heterocycles. The molecular weight excluding hydrogens is 234 g/mol. The van der Waals surface area contributed by atoms with Crippen LogP contribution in [0.25, 0.3) is 0 Å². The van der Waals surface area contributed by atoms with Crippen molar-refractivity contribution in [3.05, 3.63) is 28.8 Å². The Morgan fingerprint density at radius 3 is 3.00 bits per heavy atom. The summed E-state index contributed by atoms with van der Waals surface area (Å²) in [7, 11) is 0. The van der Waals surface area contributed by atoms with Gasteiger partial charge in [0.15, 0.2) is 0 Å². The van der Waals surface area contributed by atoms with Crippen LogP contribution in [0, 0.1) is 6.92 Å². The Bertz CT molecular complexity index is 380. The lowest BCUT2D eigenvalue weighted by atomic mass is 10.0. The fourth-order valence-corrected chi connectivity index (χ4v) is 2.39. The minimum atomic E-state index is 0.405. The van der Waals surface area contributed by atoms with Crippen molar-refractivity contribution < 1.29 is 4.74 Å². The molecular formula is C14H20ClNO. The zero-order chi connectivity index (χ0) is 12.3. The number of hydrogen-bond acceptors (Lipinski definition) is 2. The van der Waals surface area contributed by atoms with E-state index in [1.54, 1.807) is 0 Å². The van der Waals surface area contributed by atoms with Crippen LogP contribution < -0.4 is 5.32 Å². The molecule has 2 unspecified atom stereocenters. The summed E-state index contributed by atoms with van der Waals surface area (Å²) >= 11 is 6.12. The molecule has 94 valence electrons. The fraction of sp³-hybridized carbons (Fsp3) is 0.571. The van der Waals surface area contributed by atoms with Crippen LogP contribution in [0.5, 0.6) is 0 Å². The molecule has 2 atom stereocenters. The van der Waals surface area contributed by atoms with Crippen LogP contribution in [0.15, 0.2) is 18.2 Å². The first-order valence-corrected chi connectivity index (χ1v) is 6.71. The monoisotopic (exact) mass is 253 g/mol. The second-order valence-electron chi connectivity index (χ2n) is 4.73. The first kappa shape index (κ1) is 12.7. The maximum absolute atomic E-state index is 6.12. The van der Waals surface area contributed by atoms with Crippen molar-refractivity contribution in [2.75, 3.05) is 11.9 Å². The maximum Gasteiger partial charge on any atom is 0.0592 e. The van der Waals surface area contributed by atoms with E-state index >= 15 is 0 Å². The molecule has 3 heteroatoms. The number of benzene rings is 1. The first-order chi connectivity index (χ1) is 8.19. The molecule has 1 aliphatic rings. The Kier molecular flexibility index (Phi) is 4.30. The van der Waals surface area contributed by atoms with Crippen LogP contribution in [-0.4, -0.2) is 18.8 Å². The van der Waals surface area contributed by atoms with Gasteiger partial charge in [-0.3, -0.25) is 0 Å². The van der Waals surface area contributed by atoms with Gasteiger partial charge in [-0.15, -0.1) is 0 Å². The van der Waals surface area contributed by atoms with Gasteiger partial charge in [0.2, 0.25) is 0 Å². The van der Waals surface area contributed by atoms with Gasteiger partial charge >= 0.3 is 0 Å². The Hall–Kier alpha value is -0.730. The van der Waals surface area contributed by atoms with Gasteiger partial charge in [0, 0.05) is 23.4 Å². The van der Waals surface area contributed by atoms with E-state index in [0.717, 1.165) is 42.1 Å². The second kappa shape index (κ2) is 5.74. The van der Waals surface area contributed by atoms with Gasteiger partial charge in [0.1, 0.15) is 0 Å². The van der Waals surface area contributed by atoms with Crippen LogP contribution in [0.1, 0.15) is 31.7 Å². The third-order valence-electron chi connectivity index (χ3n) is 3.37. The van der Waals surface area contributed by atoms with Crippen LogP contribution >= 0.6 is 11.6 Å². The van der Waals surface area contributed by atoms with Gasteiger partial charge in [0.05, 0.1) is 6.10 Å². The van der Waals surface area contributed by atoms with E-state index < -0.39 is 0 Å². The highest BCUT2D eigenvalue weighted by Crippen LogP contribution is 2.24. The van der Waals surface area contributed by atoms with E-state index in [4.69, 9.17) is 16.3 Å². The molecule has 1 fully saturated rings. The van der Waals surface area contributed by atoms with Crippen LogP contribution in [0.4, 0.5) is 5.69 Å². The van der Waals surface area contributed by atoms with Crippen molar-refractivity contribution in [3.8, 4) is 0 Å². The molecule has 1 heterocycles. The van der Waals surface area contributed by atoms with Crippen molar-refractivity contribution in [3.63, 3.8) is 0 Å². The van der Waals surface area contributed by atoms with Crippen molar-refractivity contribution in [1.29, 1.82) is 0 Å². The van der Waals surface area contributed by atoms with E-state index in [9.17, 15) is 0 Å². The topological polar surface area (TPSA) is 21.3 Å². The van der Waals surface area contributed by atoms with E-state index in [-0.39, 0.29) is 0 Å². The number of hydrogen-bond donors (Lipinski definition) is 1. The number of rotatable bonds is 3. The minimum Gasteiger partial charge on any atom is -0.382 e. The number of anilines is 1. The summed E-state index contributed by atoms with van der Waals surface area (Å²) in [5, 5.41) is 4.38. The molecule has 1 aromatic carbocycles. The molecule has 0 spiro atoms. The maximum atomic E-state index is 6.12. The number of aryl methyl sites for hydroxylation is 1. The summed E-state index contributed by atoms with van der Waals surface area (Å²) in [5.74, 6) is 0. The molecule has 2 nitrogen and oxygen atoms in total. The normalized spacial score (nSPS) is 24.6. The van der Waals surface area contributed by atoms with E-state index in [2.05, 4.69) is 24.4 Å². The first-order valence-electron chi connectivity index (χ1n) is 6.33. The van der Waals surface area contributed by atoms with Crippen LogP contribution in [0.2, 0.25) is 5.02 Å². The Morgan fingerprint density at radius 1 is 1.47 bits per heavy atom. The highest BCUT2D eigenvalue weighted by atomic mass is 35.5. The molecule has 0 radical (unpaired) electrons. The van der Waals surface area contributed by atoms with Crippen LogP contribution in [-0.2, 0) is 4.74 Å². The fourth-order valence-electron chi connectivity index (χ4n) is 2.21. The van der Waals surface area contributed by atoms with Crippen molar-refractivity contribution in [1.82, 2.24) is 0 Å². The van der Waals surface area contributed by atoms with E-state index in [0.29, 0.717) is 12.1 Å². The predicted octanol–water partition coefficient (Wildman–Crippen LogP) is 4.02. The Labute approximate surface area is 108 Å². The van der Waals surface area contributed by atoms with Gasteiger partial charge in [-0.05, 0) is 43.9 Å². The summed E-state index contributed by atoms with van der Waals surface area (Å²) in [5.41, 5.74) is 2.23. The third kappa shape index (κ3) is 3.36. The molecule has 1 aromatic rings. The van der Waals surface area contributed by atoms with Gasteiger partial charge in [-0.25, -0.2) is 0 Å². The van der Waals surface area contributed by atoms with Crippen molar-refractivity contribution in [2.45, 2.75) is 45.3 Å². The average molecular weight is 254 g/mol. The van der Waals surface area contributed by atoms with E-state index in [1.807, 2.05) is 13.0 Å². The largest absolute Gasteiger partial charge is 0.382 e. The summed E-state index contributed by atoms with van der Waals surface area (Å²) in [6.45, 7) is 5.05. The molecule has 0 saturated carbocycles. The molecule has 0 bridgehead atoms. The number of ether oxygens (including phenoxy) is 1. The Balaban J connectivity index is 1.97. The second-order valence-corrected chi connectivity index (χ2v) is 5.14. The van der Waals surface area contributed by atoms with Crippen molar-refractivity contribution in [2.24, 2.45) is 0 Å². The van der Waals surface area contributed by atoms with Crippen LogP contribution in [0.3, 0.4) is 0 Å². The third-order valence-corrected chi connectivity index (χ3v) is 3.77. The molecule has 17 heavy (non-hydrogen) atoms. The summed E-state index contributed by atoms with van der Waals surface area (Å²) in [6.07, 6.45) is 3.65. The summed E-state index contributed by atoms with van der Waals surface area (Å²) in [4.78, 5) is 0. The SMILES string of the molecule is CCC1CC(Nc2ccc(C)c(Cl)c2)CCO1. The zero-order valence-corrected chi connectivity index (χ0v) is 11.3. The lowest BCUT2D eigenvalue weighted by molar-refractivity contribution is 0.00926. The molecule has 0 aromatic heterocycles. The van der Waals surface area contributed by atoms with Gasteiger partial charge < -0.3 is 10.1 Å². The predicted molar refractivity (Wildman–Crippen MR) is 72.9 cm³/mol. The van der Waals surface area contributed by atoms with E-state index in [1.165, 1.54) is 0 Å². The minimum absolute atomic E-state index is 0.405. The molecule has 2 rings (SSSR count). The average Bonchev–Trinajstić information content (AvgIpc) is 2.34. The Morgan fingerprint density at radius 2 is 2.29 bits per heavy atom. The number of nitrogens with one attached hydrogen (secondary N) is 1. The smallest absolute Gasteiger partial charge is 0.0592 e. The zero-order valence-electron chi connectivity index (χ0n) is 10.5. The number of halogens is 1. The standard InChI is InChI=1S/C14H20ClNO/c1-3-13-8-12(6-7-17-13)16-11-5-4-10(2)14(15)9-11/h4-5,9,12-13,16H,3,6-8H2,1-2H3.